The summed E-state index contributed by atoms with van der Waals surface area (Å²) >= 11 is 0. The van der Waals surface area contributed by atoms with Crippen molar-refractivity contribution in [3.63, 3.8) is 0 Å². The minimum atomic E-state index is -4.73. The summed E-state index contributed by atoms with van der Waals surface area (Å²) in [6, 6.07) is 7.05. The second-order valence-corrected chi connectivity index (χ2v) is 9.63. The topological polar surface area (TPSA) is 135 Å². The van der Waals surface area contributed by atoms with Gasteiger partial charge in [-0.2, -0.15) is 13.2 Å². The van der Waals surface area contributed by atoms with E-state index in [0.717, 1.165) is 10.6 Å². The van der Waals surface area contributed by atoms with Crippen LogP contribution in [0.25, 0.3) is 0 Å². The van der Waals surface area contributed by atoms with E-state index in [2.05, 4.69) is 20.3 Å². The van der Waals surface area contributed by atoms with Gasteiger partial charge in [-0.1, -0.05) is 6.07 Å². The van der Waals surface area contributed by atoms with Crippen LogP contribution in [0.2, 0.25) is 0 Å². The number of benzene rings is 1. The van der Waals surface area contributed by atoms with E-state index in [9.17, 15) is 26.4 Å². The van der Waals surface area contributed by atoms with Gasteiger partial charge in [-0.3, -0.25) is 4.31 Å². The number of halogens is 3. The molecule has 3 aromatic rings. The van der Waals surface area contributed by atoms with Crippen LogP contribution in [0, 0.1) is 0 Å². The highest BCUT2D eigenvalue weighted by Gasteiger charge is 2.35. The van der Waals surface area contributed by atoms with Gasteiger partial charge in [0.15, 0.2) is 0 Å². The zero-order valence-corrected chi connectivity index (χ0v) is 20.2. The molecule has 0 radical (unpaired) electrons. The summed E-state index contributed by atoms with van der Waals surface area (Å²) in [6.07, 6.45) is -1.88. The Kier molecular flexibility index (Phi) is 7.67. The molecule has 14 heteroatoms. The lowest BCUT2D eigenvalue weighted by Gasteiger charge is -2.19. The standard InChI is InChI=1S/C22H22F3N5O5S/c1-30(36(3,33)34)19-13(5-4-10-26-19)6-8-16-15(22(23,24)25)12-27-21(28-16)29-17-9-7-14(20(31)32)11-18(17)35-2/h4-5,7,9-12H,6,8H2,1-3H3,(H,31,32)(H,27,28,29). The number of carbonyl (C=O) groups is 1. The van der Waals surface area contributed by atoms with Crippen molar-refractivity contribution < 1.29 is 36.2 Å². The van der Waals surface area contributed by atoms with Gasteiger partial charge in [0.25, 0.3) is 0 Å². The fraction of sp³-hybridized carbons (Fsp3) is 0.273. The van der Waals surface area contributed by atoms with Gasteiger partial charge >= 0.3 is 12.1 Å². The second-order valence-electron chi connectivity index (χ2n) is 7.61. The Morgan fingerprint density at radius 3 is 2.53 bits per heavy atom. The Labute approximate surface area is 204 Å². The Morgan fingerprint density at radius 1 is 1.19 bits per heavy atom. The van der Waals surface area contributed by atoms with Gasteiger partial charge in [0.1, 0.15) is 11.6 Å². The Morgan fingerprint density at radius 2 is 1.92 bits per heavy atom. The van der Waals surface area contributed by atoms with E-state index in [1.165, 1.54) is 38.6 Å². The minimum absolute atomic E-state index is 0.0131. The van der Waals surface area contributed by atoms with Crippen molar-refractivity contribution in [1.82, 2.24) is 15.0 Å². The molecule has 0 atom stereocenters. The van der Waals surface area contributed by atoms with E-state index in [-0.39, 0.29) is 47.3 Å². The minimum Gasteiger partial charge on any atom is -0.495 e. The van der Waals surface area contributed by atoms with Crippen LogP contribution >= 0.6 is 0 Å². The third-order valence-corrected chi connectivity index (χ3v) is 6.33. The van der Waals surface area contributed by atoms with E-state index in [1.54, 1.807) is 12.1 Å². The van der Waals surface area contributed by atoms with Gasteiger partial charge in [0.2, 0.25) is 16.0 Å². The fourth-order valence-electron chi connectivity index (χ4n) is 3.27. The average Bonchev–Trinajstić information content (AvgIpc) is 2.81. The molecular weight excluding hydrogens is 503 g/mol. The number of methoxy groups -OCH3 is 1. The van der Waals surface area contributed by atoms with Gasteiger partial charge in [0.05, 0.1) is 35.9 Å². The third-order valence-electron chi connectivity index (χ3n) is 5.16. The number of ether oxygens (including phenoxy) is 1. The first kappa shape index (κ1) is 26.7. The van der Waals surface area contributed by atoms with Crippen LogP contribution in [0.1, 0.15) is 27.2 Å². The van der Waals surface area contributed by atoms with Gasteiger partial charge in [0, 0.05) is 19.4 Å². The number of aromatic nitrogens is 3. The molecule has 2 N–H and O–H groups in total. The number of carboxylic acids is 1. The van der Waals surface area contributed by atoms with Crippen molar-refractivity contribution in [2.75, 3.05) is 30.0 Å². The van der Waals surface area contributed by atoms with Crippen molar-refractivity contribution in [2.24, 2.45) is 0 Å². The summed E-state index contributed by atoms with van der Waals surface area (Å²) in [5.41, 5.74) is -0.742. The molecule has 192 valence electrons. The monoisotopic (exact) mass is 525 g/mol. The molecule has 0 fully saturated rings. The van der Waals surface area contributed by atoms with Gasteiger partial charge in [-0.25, -0.2) is 28.2 Å². The first-order valence-electron chi connectivity index (χ1n) is 10.3. The molecule has 0 spiro atoms. The lowest BCUT2D eigenvalue weighted by molar-refractivity contribution is -0.138. The van der Waals surface area contributed by atoms with Crippen LogP contribution < -0.4 is 14.4 Å². The Balaban J connectivity index is 1.94. The number of nitrogens with zero attached hydrogens (tertiary/aromatic N) is 4. The van der Waals surface area contributed by atoms with Crippen molar-refractivity contribution in [2.45, 2.75) is 19.0 Å². The molecule has 3 rings (SSSR count). The van der Waals surface area contributed by atoms with E-state index in [4.69, 9.17) is 9.84 Å². The number of alkyl halides is 3. The molecule has 0 aliphatic carbocycles. The van der Waals surface area contributed by atoms with Crippen LogP contribution in [-0.2, 0) is 29.0 Å². The summed E-state index contributed by atoms with van der Waals surface area (Å²) in [5.74, 6) is -1.11. The molecule has 0 bridgehead atoms. The van der Waals surface area contributed by atoms with Crippen molar-refractivity contribution in [1.29, 1.82) is 0 Å². The van der Waals surface area contributed by atoms with Crippen molar-refractivity contribution in [3.8, 4) is 5.75 Å². The van der Waals surface area contributed by atoms with E-state index < -0.39 is 27.7 Å². The SMILES string of the molecule is COc1cc(C(=O)O)ccc1Nc1ncc(C(F)(F)F)c(CCc2cccnc2N(C)S(C)(=O)=O)n1. The maximum Gasteiger partial charge on any atom is 0.419 e. The molecule has 2 aromatic heterocycles. The summed E-state index contributed by atoms with van der Waals surface area (Å²) in [7, 11) is -1.03. The number of anilines is 3. The van der Waals surface area contributed by atoms with Crippen LogP contribution in [-0.4, -0.2) is 54.9 Å². The molecule has 0 unspecified atom stereocenters. The molecule has 1 aromatic carbocycles. The maximum atomic E-state index is 13.7. The number of aromatic carboxylic acids is 1. The molecule has 0 saturated carbocycles. The van der Waals surface area contributed by atoms with E-state index >= 15 is 0 Å². The highest BCUT2D eigenvalue weighted by Crippen LogP contribution is 2.33. The van der Waals surface area contributed by atoms with E-state index in [1.807, 2.05) is 0 Å². The number of nitrogens with one attached hydrogen (secondary N) is 1. The summed E-state index contributed by atoms with van der Waals surface area (Å²) in [4.78, 5) is 23.0. The lowest BCUT2D eigenvalue weighted by Crippen LogP contribution is -2.27. The van der Waals surface area contributed by atoms with Crippen LogP contribution in [0.5, 0.6) is 5.75 Å². The molecule has 0 aliphatic heterocycles. The maximum absolute atomic E-state index is 13.7. The molecule has 0 aliphatic rings. The summed E-state index contributed by atoms with van der Waals surface area (Å²) in [6.45, 7) is 0. The van der Waals surface area contributed by atoms with Crippen LogP contribution in [0.3, 0.4) is 0 Å². The summed E-state index contributed by atoms with van der Waals surface area (Å²) in [5, 5.41) is 11.9. The van der Waals surface area contributed by atoms with Gasteiger partial charge in [-0.15, -0.1) is 0 Å². The fourth-order valence-corrected chi connectivity index (χ4v) is 3.75. The van der Waals surface area contributed by atoms with Gasteiger partial charge in [-0.05, 0) is 42.7 Å². The van der Waals surface area contributed by atoms with Crippen molar-refractivity contribution >= 4 is 33.4 Å². The quantitative estimate of drug-likeness (QED) is 0.430. The predicted octanol–water partition coefficient (Wildman–Crippen LogP) is 3.52. The zero-order chi connectivity index (χ0) is 26.7. The molecule has 10 nitrogen and oxygen atoms in total. The number of carboxylic acid groups (broad SMARTS) is 1. The second kappa shape index (κ2) is 10.4. The first-order valence-corrected chi connectivity index (χ1v) is 12.2. The molecule has 2 heterocycles. The first-order chi connectivity index (χ1) is 16.8. The smallest absolute Gasteiger partial charge is 0.419 e. The number of rotatable bonds is 9. The Hall–Kier alpha value is -3.94. The normalized spacial score (nSPS) is 11.7. The van der Waals surface area contributed by atoms with Gasteiger partial charge < -0.3 is 15.2 Å². The largest absolute Gasteiger partial charge is 0.495 e. The highest BCUT2D eigenvalue weighted by atomic mass is 32.2. The Bertz CT molecular complexity index is 1380. The van der Waals surface area contributed by atoms with Crippen molar-refractivity contribution in [3.05, 3.63) is 65.1 Å². The lowest BCUT2D eigenvalue weighted by atomic mass is 10.1. The highest BCUT2D eigenvalue weighted by molar-refractivity contribution is 7.92. The number of aryl methyl sites for hydroxylation is 2. The third kappa shape index (κ3) is 6.19. The predicted molar refractivity (Wildman–Crippen MR) is 125 cm³/mol. The average molecular weight is 526 g/mol. The number of sulfonamides is 1. The summed E-state index contributed by atoms with van der Waals surface area (Å²) < 4.78 is 71.0. The molecule has 36 heavy (non-hydrogen) atoms. The van der Waals surface area contributed by atoms with E-state index in [0.29, 0.717) is 11.8 Å². The zero-order valence-electron chi connectivity index (χ0n) is 19.4. The number of hydrogen-bond donors (Lipinski definition) is 2. The number of hydrogen-bond acceptors (Lipinski definition) is 8. The molecule has 0 saturated heterocycles. The van der Waals surface area contributed by atoms with Crippen LogP contribution in [0.4, 0.5) is 30.6 Å². The number of pyridine rings is 1. The van der Waals surface area contributed by atoms with Crippen LogP contribution in [0.15, 0.2) is 42.7 Å². The molecule has 0 amide bonds. The molecular formula is C22H22F3N5O5S.